The lowest BCUT2D eigenvalue weighted by Crippen LogP contribution is -2.64. The first-order valence-corrected chi connectivity index (χ1v) is 10.4. The molecule has 0 aliphatic carbocycles. The molecule has 6 heteroatoms. The normalized spacial score (nSPS) is 20.1. The van der Waals surface area contributed by atoms with E-state index in [1.807, 2.05) is 54.3 Å². The highest BCUT2D eigenvalue weighted by Gasteiger charge is 2.57. The van der Waals surface area contributed by atoms with Crippen molar-refractivity contribution in [3.8, 4) is 5.75 Å². The Morgan fingerprint density at radius 3 is 2.57 bits per heavy atom. The van der Waals surface area contributed by atoms with Gasteiger partial charge in [-0.2, -0.15) is 0 Å². The van der Waals surface area contributed by atoms with E-state index < -0.39 is 0 Å². The molecule has 30 heavy (non-hydrogen) atoms. The van der Waals surface area contributed by atoms with Crippen LogP contribution in [-0.2, 0) is 16.1 Å². The second-order valence-electron chi connectivity index (χ2n) is 8.54. The largest absolute Gasteiger partial charge is 0.484 e. The minimum absolute atomic E-state index is 0.0257. The van der Waals surface area contributed by atoms with Crippen LogP contribution < -0.4 is 10.1 Å². The average Bonchev–Trinajstić information content (AvgIpc) is 3.10. The summed E-state index contributed by atoms with van der Waals surface area (Å²) >= 11 is 0. The summed E-state index contributed by atoms with van der Waals surface area (Å²) in [5.41, 5.74) is 2.16. The Labute approximate surface area is 177 Å². The Morgan fingerprint density at radius 1 is 1.10 bits per heavy atom. The van der Waals surface area contributed by atoms with Crippen LogP contribution >= 0.6 is 0 Å². The molecule has 4 rings (SSSR count). The number of carbonyl (C=O) groups is 2. The number of carbonyl (C=O) groups excluding carboxylic acids is 2. The first kappa shape index (κ1) is 20.4. The summed E-state index contributed by atoms with van der Waals surface area (Å²) in [6, 6.07) is 18.0. The van der Waals surface area contributed by atoms with Crippen molar-refractivity contribution in [3.05, 3.63) is 65.7 Å². The van der Waals surface area contributed by atoms with Crippen LogP contribution in [0, 0.1) is 18.3 Å². The number of likely N-dealkylation sites (tertiary alicyclic amines) is 2. The molecule has 6 nitrogen and oxygen atoms in total. The minimum atomic E-state index is -0.173. The summed E-state index contributed by atoms with van der Waals surface area (Å²) < 4.78 is 5.67. The van der Waals surface area contributed by atoms with E-state index in [0.29, 0.717) is 18.8 Å². The molecule has 1 atom stereocenters. The van der Waals surface area contributed by atoms with Gasteiger partial charge in [0.05, 0.1) is 5.92 Å². The lowest BCUT2D eigenvalue weighted by molar-refractivity contribution is -0.151. The van der Waals surface area contributed by atoms with Crippen LogP contribution in [0.1, 0.15) is 11.1 Å². The smallest absolute Gasteiger partial charge is 0.260 e. The summed E-state index contributed by atoms with van der Waals surface area (Å²) in [6.07, 6.45) is 0. The molecule has 2 aliphatic heterocycles. The number of ether oxygens (including phenoxy) is 1. The van der Waals surface area contributed by atoms with Crippen LogP contribution in [0.3, 0.4) is 0 Å². The van der Waals surface area contributed by atoms with Crippen molar-refractivity contribution < 1.29 is 14.3 Å². The molecule has 158 valence electrons. The van der Waals surface area contributed by atoms with Crippen LogP contribution in [0.25, 0.3) is 0 Å². The summed E-state index contributed by atoms with van der Waals surface area (Å²) in [7, 11) is 1.69. The van der Waals surface area contributed by atoms with Crippen LogP contribution in [0.4, 0.5) is 0 Å². The lowest BCUT2D eigenvalue weighted by Gasteiger charge is -2.50. The molecule has 2 amide bonds. The molecule has 1 N–H and O–H groups in total. The van der Waals surface area contributed by atoms with E-state index in [9.17, 15) is 9.59 Å². The zero-order valence-electron chi connectivity index (χ0n) is 17.6. The average molecular weight is 408 g/mol. The fourth-order valence-electron chi connectivity index (χ4n) is 4.72. The van der Waals surface area contributed by atoms with Crippen molar-refractivity contribution >= 4 is 11.8 Å². The van der Waals surface area contributed by atoms with Gasteiger partial charge in [-0.3, -0.25) is 14.5 Å². The third-order valence-corrected chi connectivity index (χ3v) is 6.25. The highest BCUT2D eigenvalue weighted by Crippen LogP contribution is 2.44. The van der Waals surface area contributed by atoms with Gasteiger partial charge in [0, 0.05) is 45.2 Å². The van der Waals surface area contributed by atoms with Crippen molar-refractivity contribution in [3.63, 3.8) is 0 Å². The highest BCUT2D eigenvalue weighted by molar-refractivity contribution is 5.82. The van der Waals surface area contributed by atoms with Crippen LogP contribution in [-0.4, -0.2) is 61.4 Å². The van der Waals surface area contributed by atoms with E-state index in [4.69, 9.17) is 4.74 Å². The predicted octanol–water partition coefficient (Wildman–Crippen LogP) is 2.08. The Morgan fingerprint density at radius 2 is 1.87 bits per heavy atom. The fourth-order valence-corrected chi connectivity index (χ4v) is 4.72. The second kappa shape index (κ2) is 8.48. The number of rotatable bonds is 6. The molecule has 0 saturated carbocycles. The van der Waals surface area contributed by atoms with Gasteiger partial charge in [0.25, 0.3) is 5.91 Å². The third kappa shape index (κ3) is 4.19. The minimum Gasteiger partial charge on any atom is -0.484 e. The van der Waals surface area contributed by atoms with Gasteiger partial charge in [0.1, 0.15) is 5.75 Å². The molecular weight excluding hydrogens is 378 g/mol. The first-order chi connectivity index (χ1) is 14.5. The molecule has 2 aromatic rings. The van der Waals surface area contributed by atoms with E-state index >= 15 is 0 Å². The van der Waals surface area contributed by atoms with E-state index in [2.05, 4.69) is 22.3 Å². The SMILES string of the molecule is CNC(=O)C1CN(Cc2ccccc2)CC12CN(C(=O)COc1cccc(C)c1)C2. The summed E-state index contributed by atoms with van der Waals surface area (Å²) in [5.74, 6) is 0.637. The maximum atomic E-state index is 12.6. The number of nitrogens with zero attached hydrogens (tertiary/aromatic N) is 2. The van der Waals surface area contributed by atoms with Crippen molar-refractivity contribution in [2.75, 3.05) is 39.8 Å². The summed E-state index contributed by atoms with van der Waals surface area (Å²) in [4.78, 5) is 29.4. The lowest BCUT2D eigenvalue weighted by atomic mass is 9.71. The number of nitrogens with one attached hydrogen (secondary N) is 1. The Kier molecular flexibility index (Phi) is 5.77. The monoisotopic (exact) mass is 407 g/mol. The van der Waals surface area contributed by atoms with E-state index in [0.717, 1.165) is 25.2 Å². The standard InChI is InChI=1S/C24H29N3O3/c1-18-7-6-10-20(11-18)30-14-22(28)27-16-24(17-27)15-26(13-21(24)23(29)25-2)12-19-8-4-3-5-9-19/h3-11,21H,12-17H2,1-2H3,(H,25,29). The molecule has 1 unspecified atom stereocenters. The molecule has 2 heterocycles. The van der Waals surface area contributed by atoms with Crippen molar-refractivity contribution in [1.29, 1.82) is 0 Å². The van der Waals surface area contributed by atoms with E-state index in [-0.39, 0.29) is 29.8 Å². The van der Waals surface area contributed by atoms with Gasteiger partial charge in [-0.05, 0) is 30.2 Å². The van der Waals surface area contributed by atoms with Crippen molar-refractivity contribution in [2.45, 2.75) is 13.5 Å². The van der Waals surface area contributed by atoms with Gasteiger partial charge in [-0.15, -0.1) is 0 Å². The van der Waals surface area contributed by atoms with Gasteiger partial charge >= 0.3 is 0 Å². The number of hydrogen-bond acceptors (Lipinski definition) is 4. The molecule has 2 saturated heterocycles. The molecule has 0 radical (unpaired) electrons. The third-order valence-electron chi connectivity index (χ3n) is 6.25. The number of amides is 2. The molecule has 0 aromatic heterocycles. The zero-order chi connectivity index (χ0) is 21.1. The number of hydrogen-bond donors (Lipinski definition) is 1. The van der Waals surface area contributed by atoms with Gasteiger partial charge in [0.15, 0.2) is 6.61 Å². The van der Waals surface area contributed by atoms with Gasteiger partial charge < -0.3 is 15.0 Å². The van der Waals surface area contributed by atoms with Gasteiger partial charge in [-0.25, -0.2) is 0 Å². The van der Waals surface area contributed by atoms with Gasteiger partial charge in [0.2, 0.25) is 5.91 Å². The highest BCUT2D eigenvalue weighted by atomic mass is 16.5. The van der Waals surface area contributed by atoms with Crippen LogP contribution in [0.5, 0.6) is 5.75 Å². The van der Waals surface area contributed by atoms with Crippen molar-refractivity contribution in [1.82, 2.24) is 15.1 Å². The molecule has 2 aromatic carbocycles. The maximum absolute atomic E-state index is 12.6. The van der Waals surface area contributed by atoms with Crippen LogP contribution in [0.2, 0.25) is 0 Å². The van der Waals surface area contributed by atoms with E-state index in [1.54, 1.807) is 7.05 Å². The first-order valence-electron chi connectivity index (χ1n) is 10.4. The quantitative estimate of drug-likeness (QED) is 0.797. The fraction of sp³-hybridized carbons (Fsp3) is 0.417. The second-order valence-corrected chi connectivity index (χ2v) is 8.54. The van der Waals surface area contributed by atoms with Crippen LogP contribution in [0.15, 0.2) is 54.6 Å². The molecule has 1 spiro atoms. The molecule has 2 fully saturated rings. The number of benzene rings is 2. The Bertz CT molecular complexity index is 909. The zero-order valence-corrected chi connectivity index (χ0v) is 17.6. The van der Waals surface area contributed by atoms with Gasteiger partial charge in [-0.1, -0.05) is 42.5 Å². The summed E-state index contributed by atoms with van der Waals surface area (Å²) in [6.45, 7) is 5.59. The number of aryl methyl sites for hydroxylation is 1. The van der Waals surface area contributed by atoms with Crippen molar-refractivity contribution in [2.24, 2.45) is 11.3 Å². The molecular formula is C24H29N3O3. The molecule has 0 bridgehead atoms. The summed E-state index contributed by atoms with van der Waals surface area (Å²) in [5, 5.41) is 2.82. The molecule has 2 aliphatic rings. The Hall–Kier alpha value is -2.86. The topological polar surface area (TPSA) is 61.9 Å². The van der Waals surface area contributed by atoms with E-state index in [1.165, 1.54) is 5.56 Å². The maximum Gasteiger partial charge on any atom is 0.260 e. The predicted molar refractivity (Wildman–Crippen MR) is 115 cm³/mol. The Balaban J connectivity index is 1.37.